The molecule has 8 heteroatoms. The highest BCUT2D eigenvalue weighted by Gasteiger charge is 2.21. The Kier molecular flexibility index (Phi) is 6.90. The second-order valence-electron chi connectivity index (χ2n) is 4.09. The number of nitriles is 1. The summed E-state index contributed by atoms with van der Waals surface area (Å²) in [5.41, 5.74) is -0.460. The average molecular weight is 339 g/mol. The van der Waals surface area contributed by atoms with Crippen molar-refractivity contribution in [3.05, 3.63) is 34.4 Å². The molecule has 2 N–H and O–H groups in total. The molecule has 0 fully saturated rings. The van der Waals surface area contributed by atoms with E-state index < -0.39 is 23.4 Å². The summed E-state index contributed by atoms with van der Waals surface area (Å²) in [7, 11) is 0. The Bertz CT molecular complexity index is 679. The van der Waals surface area contributed by atoms with E-state index in [0.717, 1.165) is 0 Å². The third-order valence-electron chi connectivity index (χ3n) is 2.58. The molecule has 122 valence electrons. The summed E-state index contributed by atoms with van der Waals surface area (Å²) < 4.78 is 9.45. The zero-order chi connectivity index (χ0) is 17.4. The molecule has 0 atom stereocenters. The number of nitrogens with one attached hydrogen (secondary N) is 1. The van der Waals surface area contributed by atoms with Gasteiger partial charge in [0.1, 0.15) is 11.8 Å². The van der Waals surface area contributed by atoms with E-state index in [1.807, 2.05) is 0 Å². The molecule has 0 aliphatic carbocycles. The molecule has 0 saturated heterocycles. The molecule has 0 heterocycles. The number of anilines is 1. The Morgan fingerprint density at radius 1 is 1.30 bits per heavy atom. The van der Waals surface area contributed by atoms with Crippen LogP contribution in [0.25, 0.3) is 5.76 Å². The van der Waals surface area contributed by atoms with Crippen molar-refractivity contribution in [1.29, 1.82) is 5.26 Å². The lowest BCUT2D eigenvalue weighted by atomic mass is 10.1. The van der Waals surface area contributed by atoms with Crippen LogP contribution in [0.5, 0.6) is 0 Å². The van der Waals surface area contributed by atoms with Gasteiger partial charge in [-0.2, -0.15) is 5.26 Å². The van der Waals surface area contributed by atoms with Crippen molar-refractivity contribution in [2.75, 3.05) is 18.5 Å². The lowest BCUT2D eigenvalue weighted by Crippen LogP contribution is -2.15. The van der Waals surface area contributed by atoms with E-state index in [1.54, 1.807) is 19.9 Å². The number of benzene rings is 1. The van der Waals surface area contributed by atoms with E-state index in [-0.39, 0.29) is 29.5 Å². The van der Waals surface area contributed by atoms with Crippen LogP contribution in [0.1, 0.15) is 19.4 Å². The number of nitrogens with zero attached hydrogens (tertiary/aromatic N) is 1. The molecular weight excluding hydrogens is 324 g/mol. The number of carbonyl (C=O) groups is 2. The number of amides is 1. The van der Waals surface area contributed by atoms with Crippen LogP contribution in [0.15, 0.2) is 23.8 Å². The van der Waals surface area contributed by atoms with Crippen LogP contribution >= 0.6 is 11.6 Å². The monoisotopic (exact) mass is 338 g/mol. The molecule has 0 aliphatic rings. The van der Waals surface area contributed by atoms with E-state index in [1.165, 1.54) is 18.2 Å². The first-order valence-corrected chi connectivity index (χ1v) is 7.06. The molecular formula is C15H15ClN2O5. The fourth-order valence-corrected chi connectivity index (χ4v) is 1.81. The van der Waals surface area contributed by atoms with Crippen LogP contribution in [-0.4, -0.2) is 30.4 Å². The van der Waals surface area contributed by atoms with Gasteiger partial charge in [0.05, 0.1) is 18.9 Å². The van der Waals surface area contributed by atoms with E-state index in [2.05, 4.69) is 5.32 Å². The van der Waals surface area contributed by atoms with Crippen LogP contribution in [0.4, 0.5) is 10.5 Å². The van der Waals surface area contributed by atoms with Crippen molar-refractivity contribution in [2.45, 2.75) is 13.8 Å². The summed E-state index contributed by atoms with van der Waals surface area (Å²) >= 11 is 5.86. The van der Waals surface area contributed by atoms with Crippen LogP contribution < -0.4 is 5.32 Å². The van der Waals surface area contributed by atoms with Crippen LogP contribution in [-0.2, 0) is 14.3 Å². The summed E-state index contributed by atoms with van der Waals surface area (Å²) in [5, 5.41) is 21.9. The van der Waals surface area contributed by atoms with Gasteiger partial charge in [-0.05, 0) is 32.0 Å². The molecule has 0 unspecified atom stereocenters. The van der Waals surface area contributed by atoms with Crippen molar-refractivity contribution >= 4 is 35.1 Å². The first kappa shape index (κ1) is 18.3. The summed E-state index contributed by atoms with van der Waals surface area (Å²) in [6.45, 7) is 3.39. The van der Waals surface area contributed by atoms with Crippen molar-refractivity contribution in [1.82, 2.24) is 0 Å². The minimum absolute atomic E-state index is 0.0343. The third-order valence-corrected chi connectivity index (χ3v) is 2.81. The maximum Gasteiger partial charge on any atom is 0.411 e. The Balaban J connectivity index is 3.32. The number of ether oxygens (including phenoxy) is 2. The van der Waals surface area contributed by atoms with E-state index >= 15 is 0 Å². The second kappa shape index (κ2) is 8.66. The Hall–Kier alpha value is -2.72. The number of hydrogen-bond acceptors (Lipinski definition) is 6. The van der Waals surface area contributed by atoms with Crippen molar-refractivity contribution in [2.24, 2.45) is 0 Å². The zero-order valence-corrected chi connectivity index (χ0v) is 13.3. The van der Waals surface area contributed by atoms with Gasteiger partial charge in [0, 0.05) is 10.6 Å². The quantitative estimate of drug-likeness (QED) is 0.369. The van der Waals surface area contributed by atoms with Gasteiger partial charge in [-0.15, -0.1) is 0 Å². The molecule has 0 radical (unpaired) electrons. The number of esters is 1. The van der Waals surface area contributed by atoms with Gasteiger partial charge in [0.15, 0.2) is 5.57 Å². The molecule has 1 aromatic rings. The average Bonchev–Trinajstić information content (AvgIpc) is 2.48. The number of carbonyl (C=O) groups excluding carboxylic acids is 2. The van der Waals surface area contributed by atoms with Crippen LogP contribution in [0.2, 0.25) is 5.02 Å². The molecule has 1 amide bonds. The Labute approximate surface area is 138 Å². The van der Waals surface area contributed by atoms with E-state index in [4.69, 9.17) is 26.3 Å². The van der Waals surface area contributed by atoms with Gasteiger partial charge in [0.2, 0.25) is 0 Å². The predicted octanol–water partition coefficient (Wildman–Crippen LogP) is 3.26. The first-order chi connectivity index (χ1) is 10.9. The molecule has 0 spiro atoms. The second-order valence-corrected chi connectivity index (χ2v) is 4.53. The number of halogens is 1. The highest BCUT2D eigenvalue weighted by molar-refractivity contribution is 6.31. The summed E-state index contributed by atoms with van der Waals surface area (Å²) in [6.07, 6.45) is -0.765. The number of aliphatic hydroxyl groups is 1. The minimum Gasteiger partial charge on any atom is -0.506 e. The summed E-state index contributed by atoms with van der Waals surface area (Å²) in [4.78, 5) is 23.2. The van der Waals surface area contributed by atoms with Gasteiger partial charge in [-0.3, -0.25) is 5.32 Å². The maximum atomic E-state index is 11.7. The predicted molar refractivity (Wildman–Crippen MR) is 83.9 cm³/mol. The van der Waals surface area contributed by atoms with Gasteiger partial charge in [-0.25, -0.2) is 9.59 Å². The lowest BCUT2D eigenvalue weighted by Gasteiger charge is -2.12. The molecule has 0 bridgehead atoms. The Morgan fingerprint density at radius 3 is 2.52 bits per heavy atom. The molecule has 0 aliphatic heterocycles. The van der Waals surface area contributed by atoms with Crippen LogP contribution in [0.3, 0.4) is 0 Å². The van der Waals surface area contributed by atoms with Gasteiger partial charge in [0.25, 0.3) is 0 Å². The summed E-state index contributed by atoms with van der Waals surface area (Å²) in [6, 6.07) is 5.73. The third kappa shape index (κ3) is 4.90. The van der Waals surface area contributed by atoms with Crippen molar-refractivity contribution < 1.29 is 24.2 Å². The minimum atomic E-state index is -0.968. The molecule has 23 heavy (non-hydrogen) atoms. The molecule has 1 rings (SSSR count). The lowest BCUT2D eigenvalue weighted by molar-refractivity contribution is -0.138. The topological polar surface area (TPSA) is 109 Å². The smallest absolute Gasteiger partial charge is 0.411 e. The number of hydrogen-bond donors (Lipinski definition) is 2. The highest BCUT2D eigenvalue weighted by Crippen LogP contribution is 2.28. The highest BCUT2D eigenvalue weighted by atomic mass is 35.5. The van der Waals surface area contributed by atoms with Gasteiger partial charge < -0.3 is 14.6 Å². The fourth-order valence-electron chi connectivity index (χ4n) is 1.64. The Morgan fingerprint density at radius 2 is 1.96 bits per heavy atom. The SMILES string of the molecule is CCOC(=O)Nc1cc(Cl)ccc1/C(O)=C(\C#N)C(=O)OCC. The zero-order valence-electron chi connectivity index (χ0n) is 12.6. The van der Waals surface area contributed by atoms with E-state index in [0.29, 0.717) is 0 Å². The van der Waals surface area contributed by atoms with Crippen molar-refractivity contribution in [3.8, 4) is 6.07 Å². The molecule has 1 aromatic carbocycles. The molecule has 0 saturated carbocycles. The molecule has 0 aromatic heterocycles. The van der Waals surface area contributed by atoms with E-state index in [9.17, 15) is 14.7 Å². The maximum absolute atomic E-state index is 11.7. The number of rotatable bonds is 5. The summed E-state index contributed by atoms with van der Waals surface area (Å²) in [5.74, 6) is -1.60. The normalized spacial score (nSPS) is 11.0. The first-order valence-electron chi connectivity index (χ1n) is 6.68. The van der Waals surface area contributed by atoms with Gasteiger partial charge >= 0.3 is 12.1 Å². The van der Waals surface area contributed by atoms with Crippen LogP contribution in [0, 0.1) is 11.3 Å². The molecule has 7 nitrogen and oxygen atoms in total. The van der Waals surface area contributed by atoms with Crippen molar-refractivity contribution in [3.63, 3.8) is 0 Å². The fraction of sp³-hybridized carbons (Fsp3) is 0.267. The largest absolute Gasteiger partial charge is 0.506 e. The number of aliphatic hydroxyl groups excluding tert-OH is 1. The standard InChI is InChI=1S/C15H15ClN2O5/c1-3-22-14(20)11(8-17)13(19)10-6-5-9(16)7-12(10)18-15(21)23-4-2/h5-7,19H,3-4H2,1-2H3,(H,18,21)/b13-11-. The van der Waals surface area contributed by atoms with Gasteiger partial charge in [-0.1, -0.05) is 11.6 Å².